The first-order valence-electron chi connectivity index (χ1n) is 7.11. The van der Waals surface area contributed by atoms with Crippen LogP contribution in [0.2, 0.25) is 0 Å². The maximum atomic E-state index is 13.5. The topological polar surface area (TPSA) is 54.9 Å². The average molecular weight is 327 g/mol. The summed E-state index contributed by atoms with van der Waals surface area (Å²) in [5.74, 6) is -0.667. The van der Waals surface area contributed by atoms with Crippen molar-refractivity contribution < 1.29 is 9.18 Å². The van der Waals surface area contributed by atoms with Gasteiger partial charge in [-0.05, 0) is 30.7 Å². The van der Waals surface area contributed by atoms with Gasteiger partial charge in [-0.3, -0.25) is 9.78 Å². The zero-order valence-electron chi connectivity index (χ0n) is 12.2. The monoisotopic (exact) mass is 327 g/mol. The third kappa shape index (κ3) is 3.98. The fourth-order valence-corrected chi connectivity index (χ4v) is 2.91. The molecule has 1 aromatic carbocycles. The largest absolute Gasteiger partial charge is 0.324 e. The van der Waals surface area contributed by atoms with Gasteiger partial charge in [-0.15, -0.1) is 11.3 Å². The molecule has 0 unspecified atom stereocenters. The van der Waals surface area contributed by atoms with Gasteiger partial charge in [0.05, 0.1) is 11.4 Å². The number of benzene rings is 1. The van der Waals surface area contributed by atoms with Crippen molar-refractivity contribution in [1.82, 2.24) is 9.97 Å². The van der Waals surface area contributed by atoms with E-state index in [0.29, 0.717) is 6.42 Å². The Labute approximate surface area is 137 Å². The Morgan fingerprint density at radius 3 is 2.87 bits per heavy atom. The molecule has 3 rings (SSSR count). The van der Waals surface area contributed by atoms with E-state index in [4.69, 9.17) is 0 Å². The van der Waals surface area contributed by atoms with Crippen LogP contribution in [0.25, 0.3) is 10.6 Å². The number of para-hydroxylation sites is 1. The van der Waals surface area contributed by atoms with Crippen molar-refractivity contribution in [2.75, 3.05) is 5.32 Å². The molecule has 0 saturated carbocycles. The molecule has 23 heavy (non-hydrogen) atoms. The molecule has 0 aliphatic heterocycles. The molecule has 0 aliphatic rings. The number of nitrogens with one attached hydrogen (secondary N) is 1. The van der Waals surface area contributed by atoms with Crippen LogP contribution in [0.5, 0.6) is 0 Å². The summed E-state index contributed by atoms with van der Waals surface area (Å²) in [5, 5.41) is 5.38. The fraction of sp³-hybridized carbons (Fsp3) is 0.118. The molecular formula is C17H14FN3OS. The first kappa shape index (κ1) is 15.3. The summed E-state index contributed by atoms with van der Waals surface area (Å²) in [6, 6.07) is 9.92. The van der Waals surface area contributed by atoms with E-state index in [0.717, 1.165) is 16.3 Å². The van der Waals surface area contributed by atoms with Crippen LogP contribution >= 0.6 is 11.3 Å². The standard InChI is InChI=1S/C17H14FN3OS/c18-14-5-1-2-6-15(14)21-16(22)8-7-13-11-23-17(20-13)12-4-3-9-19-10-12/h1-6,9-11H,7-8H2,(H,21,22). The van der Waals surface area contributed by atoms with Gasteiger partial charge in [-0.2, -0.15) is 0 Å². The molecular weight excluding hydrogens is 313 g/mol. The first-order chi connectivity index (χ1) is 11.2. The molecule has 3 aromatic rings. The Hall–Kier alpha value is -2.60. The van der Waals surface area contributed by atoms with E-state index < -0.39 is 5.82 Å². The lowest BCUT2D eigenvalue weighted by Crippen LogP contribution is -2.13. The van der Waals surface area contributed by atoms with Gasteiger partial charge in [0, 0.05) is 29.8 Å². The molecule has 2 heterocycles. The minimum absolute atomic E-state index is 0.201. The molecule has 0 fully saturated rings. The number of hydrogen-bond donors (Lipinski definition) is 1. The summed E-state index contributed by atoms with van der Waals surface area (Å²) in [7, 11) is 0. The summed E-state index contributed by atoms with van der Waals surface area (Å²) >= 11 is 1.52. The number of thiazole rings is 1. The smallest absolute Gasteiger partial charge is 0.224 e. The highest BCUT2D eigenvalue weighted by Gasteiger charge is 2.09. The van der Waals surface area contributed by atoms with Crippen LogP contribution in [0.1, 0.15) is 12.1 Å². The predicted octanol–water partition coefficient (Wildman–Crippen LogP) is 3.92. The number of amides is 1. The second kappa shape index (κ2) is 7.11. The van der Waals surface area contributed by atoms with Gasteiger partial charge >= 0.3 is 0 Å². The Morgan fingerprint density at radius 1 is 1.22 bits per heavy atom. The molecule has 1 N–H and O–H groups in total. The minimum Gasteiger partial charge on any atom is -0.324 e. The minimum atomic E-state index is -0.437. The molecule has 2 aromatic heterocycles. The highest BCUT2D eigenvalue weighted by atomic mass is 32.1. The number of carbonyl (C=O) groups excluding carboxylic acids is 1. The highest BCUT2D eigenvalue weighted by molar-refractivity contribution is 7.13. The predicted molar refractivity (Wildman–Crippen MR) is 88.7 cm³/mol. The number of aromatic nitrogens is 2. The zero-order valence-corrected chi connectivity index (χ0v) is 13.0. The molecule has 4 nitrogen and oxygen atoms in total. The van der Waals surface area contributed by atoms with Crippen LogP contribution in [0.3, 0.4) is 0 Å². The summed E-state index contributed by atoms with van der Waals surface area (Å²) in [5.41, 5.74) is 2.00. The normalized spacial score (nSPS) is 10.5. The van der Waals surface area contributed by atoms with Crippen LogP contribution < -0.4 is 5.32 Å². The number of anilines is 1. The summed E-state index contributed by atoms with van der Waals surface area (Å²) < 4.78 is 13.5. The number of halogens is 1. The Bertz CT molecular complexity index is 804. The van der Waals surface area contributed by atoms with Gasteiger partial charge < -0.3 is 5.32 Å². The van der Waals surface area contributed by atoms with Gasteiger partial charge in [0.1, 0.15) is 10.8 Å². The zero-order chi connectivity index (χ0) is 16.1. The fourth-order valence-electron chi connectivity index (χ4n) is 2.06. The third-order valence-corrected chi connectivity index (χ3v) is 4.16. The quantitative estimate of drug-likeness (QED) is 0.773. The molecule has 0 bridgehead atoms. The van der Waals surface area contributed by atoms with Gasteiger partial charge in [0.15, 0.2) is 0 Å². The molecule has 0 atom stereocenters. The van der Waals surface area contributed by atoms with Crippen LogP contribution in [0.15, 0.2) is 54.2 Å². The first-order valence-corrected chi connectivity index (χ1v) is 7.99. The lowest BCUT2D eigenvalue weighted by molar-refractivity contribution is -0.116. The van der Waals surface area contributed by atoms with Crippen molar-refractivity contribution in [3.8, 4) is 10.6 Å². The van der Waals surface area contributed by atoms with E-state index in [9.17, 15) is 9.18 Å². The van der Waals surface area contributed by atoms with Crippen molar-refractivity contribution >= 4 is 22.9 Å². The number of hydrogen-bond acceptors (Lipinski definition) is 4. The molecule has 0 radical (unpaired) electrons. The third-order valence-electron chi connectivity index (χ3n) is 3.22. The lowest BCUT2D eigenvalue weighted by Gasteiger charge is -2.05. The Morgan fingerprint density at radius 2 is 2.09 bits per heavy atom. The summed E-state index contributed by atoms with van der Waals surface area (Å²) in [6.45, 7) is 0. The van der Waals surface area contributed by atoms with E-state index in [2.05, 4.69) is 15.3 Å². The maximum absolute atomic E-state index is 13.5. The average Bonchev–Trinajstić information content (AvgIpc) is 3.05. The SMILES string of the molecule is O=C(CCc1csc(-c2cccnc2)n1)Nc1ccccc1F. The van der Waals surface area contributed by atoms with Crippen LogP contribution in [0.4, 0.5) is 10.1 Å². The van der Waals surface area contributed by atoms with Crippen LogP contribution in [-0.2, 0) is 11.2 Å². The molecule has 1 amide bonds. The van der Waals surface area contributed by atoms with Gasteiger partial charge in [-0.25, -0.2) is 9.37 Å². The van der Waals surface area contributed by atoms with E-state index >= 15 is 0 Å². The van der Waals surface area contributed by atoms with E-state index in [1.165, 1.54) is 23.5 Å². The number of pyridine rings is 1. The molecule has 6 heteroatoms. The van der Waals surface area contributed by atoms with Gasteiger partial charge in [0.2, 0.25) is 5.91 Å². The van der Waals surface area contributed by atoms with Crippen LogP contribution in [0, 0.1) is 5.82 Å². The van der Waals surface area contributed by atoms with Crippen molar-refractivity contribution in [3.05, 3.63) is 65.7 Å². The Balaban J connectivity index is 1.58. The second-order valence-corrected chi connectivity index (χ2v) is 5.77. The van der Waals surface area contributed by atoms with E-state index in [1.54, 1.807) is 24.5 Å². The van der Waals surface area contributed by atoms with E-state index in [1.807, 2.05) is 17.5 Å². The summed E-state index contributed by atoms with van der Waals surface area (Å²) in [4.78, 5) is 20.5. The molecule has 0 spiro atoms. The summed E-state index contributed by atoms with van der Waals surface area (Å²) in [6.07, 6.45) is 4.24. The second-order valence-electron chi connectivity index (χ2n) is 4.91. The van der Waals surface area contributed by atoms with Crippen molar-refractivity contribution in [2.45, 2.75) is 12.8 Å². The molecule has 0 aliphatic carbocycles. The number of nitrogens with zero attached hydrogens (tertiary/aromatic N) is 2. The molecule has 0 saturated heterocycles. The highest BCUT2D eigenvalue weighted by Crippen LogP contribution is 2.23. The van der Waals surface area contributed by atoms with Crippen LogP contribution in [-0.4, -0.2) is 15.9 Å². The Kier molecular flexibility index (Phi) is 4.73. The number of rotatable bonds is 5. The van der Waals surface area contributed by atoms with Crippen molar-refractivity contribution in [2.24, 2.45) is 0 Å². The van der Waals surface area contributed by atoms with Crippen molar-refractivity contribution in [1.29, 1.82) is 0 Å². The maximum Gasteiger partial charge on any atom is 0.224 e. The number of carbonyl (C=O) groups is 1. The number of aryl methyl sites for hydroxylation is 1. The van der Waals surface area contributed by atoms with Crippen molar-refractivity contribution in [3.63, 3.8) is 0 Å². The molecule has 116 valence electrons. The van der Waals surface area contributed by atoms with Gasteiger partial charge in [-0.1, -0.05) is 12.1 Å². The lowest BCUT2D eigenvalue weighted by atomic mass is 10.2. The van der Waals surface area contributed by atoms with E-state index in [-0.39, 0.29) is 18.0 Å². The van der Waals surface area contributed by atoms with Gasteiger partial charge in [0.25, 0.3) is 0 Å².